The van der Waals surface area contributed by atoms with E-state index in [1.807, 2.05) is 74.5 Å². The Labute approximate surface area is 392 Å². The molecule has 0 radical (unpaired) electrons. The van der Waals surface area contributed by atoms with Crippen molar-refractivity contribution in [2.75, 3.05) is 20.8 Å². The predicted molar refractivity (Wildman–Crippen MR) is 247 cm³/mol. The Balaban J connectivity index is 1.10. The molecular weight excluding hydrogens is 845 g/mol. The van der Waals surface area contributed by atoms with Crippen LogP contribution in [0, 0.1) is 35.5 Å². The van der Waals surface area contributed by atoms with Gasteiger partial charge in [0.1, 0.15) is 18.3 Å². The van der Waals surface area contributed by atoms with E-state index in [4.69, 9.17) is 42.6 Å². The summed E-state index contributed by atoms with van der Waals surface area (Å²) in [6, 6.07) is 19.5. The van der Waals surface area contributed by atoms with E-state index in [1.165, 1.54) is 19.3 Å². The molecule has 4 aliphatic rings. The number of carbonyl (C=O) groups is 3. The number of carbonyl (C=O) groups excluding carboxylic acids is 3. The fourth-order valence-electron chi connectivity index (χ4n) is 10.9. The number of rotatable bonds is 19. The summed E-state index contributed by atoms with van der Waals surface area (Å²) in [4.78, 5) is 39.2. The molecule has 4 fully saturated rings. The van der Waals surface area contributed by atoms with Gasteiger partial charge in [0.05, 0.1) is 61.9 Å². The lowest BCUT2D eigenvalue weighted by atomic mass is 9.80. The predicted octanol–water partition coefficient (Wildman–Crippen LogP) is 8.49. The molecule has 1 N–H and O–H groups in total. The molecule has 2 aromatic carbocycles. The molecule has 0 saturated carbocycles. The molecule has 66 heavy (non-hydrogen) atoms. The van der Waals surface area contributed by atoms with Crippen molar-refractivity contribution in [3.8, 4) is 0 Å². The van der Waals surface area contributed by atoms with E-state index < -0.39 is 71.5 Å². The minimum absolute atomic E-state index is 0.00235. The topological polar surface area (TPSA) is 155 Å². The maximum Gasteiger partial charge on any atom is 0.312 e. The van der Waals surface area contributed by atoms with Gasteiger partial charge in [0.25, 0.3) is 0 Å². The molecule has 4 saturated heterocycles. The Morgan fingerprint density at radius 1 is 0.924 bits per heavy atom. The molecule has 2 aromatic rings. The van der Waals surface area contributed by atoms with E-state index in [0.717, 1.165) is 24.0 Å². The fourth-order valence-corrected chi connectivity index (χ4v) is 10.9. The van der Waals surface area contributed by atoms with E-state index in [2.05, 4.69) is 27.7 Å². The molecular formula is C53H76O13. The molecule has 366 valence electrons. The van der Waals surface area contributed by atoms with E-state index in [1.54, 1.807) is 27.9 Å². The zero-order chi connectivity index (χ0) is 48.0. The standard InChI is InChI=1S/C53H76O13/c1-12-44(55)63-47(37(7)49(56)58-10)36(6)46-35(5)41(62-50(64-46)39-21-17-14-18-22-39)29-40(54)23-25-51(8,57)43-24-26-52(9,65-43)48-33(3)28-42(61-48)45-32(2)27-34(4)53(59-11,66-45)31-60-30-38-19-15-13-16-20-38/h13-23,25,32-37,41-43,45-48,50,57H,12,24,26-31H2,1-11H3/b25-23+/t32-,33-,34+,35+,36+,37-,41-,42+,43+,45-,46-,47+,48+,50-,51-,52-,53-/m0/s1. The lowest BCUT2D eigenvalue weighted by Gasteiger charge is -2.48. The van der Waals surface area contributed by atoms with E-state index >= 15 is 0 Å². The molecule has 13 nitrogen and oxygen atoms in total. The number of allylic oxidation sites excluding steroid dienone is 1. The summed E-state index contributed by atoms with van der Waals surface area (Å²) in [6.45, 7) is 18.2. The first-order valence-corrected chi connectivity index (χ1v) is 24.1. The summed E-state index contributed by atoms with van der Waals surface area (Å²) >= 11 is 0. The number of ether oxygens (including phenoxy) is 9. The van der Waals surface area contributed by atoms with Crippen molar-refractivity contribution < 1.29 is 62.1 Å². The molecule has 0 bridgehead atoms. The second-order valence-corrected chi connectivity index (χ2v) is 20.0. The number of methoxy groups -OCH3 is 2. The lowest BCUT2D eigenvalue weighted by Crippen LogP contribution is -2.57. The van der Waals surface area contributed by atoms with Crippen molar-refractivity contribution in [1.82, 2.24) is 0 Å². The highest BCUT2D eigenvalue weighted by atomic mass is 16.7. The van der Waals surface area contributed by atoms with Crippen LogP contribution in [0.3, 0.4) is 0 Å². The average molecular weight is 921 g/mol. The zero-order valence-corrected chi connectivity index (χ0v) is 41.0. The van der Waals surface area contributed by atoms with Crippen molar-refractivity contribution in [2.24, 2.45) is 35.5 Å². The number of benzene rings is 2. The highest BCUT2D eigenvalue weighted by molar-refractivity contribution is 5.90. The molecule has 0 aliphatic carbocycles. The van der Waals surface area contributed by atoms with Crippen LogP contribution in [0.2, 0.25) is 0 Å². The lowest BCUT2D eigenvalue weighted by molar-refractivity contribution is -0.336. The SMILES string of the molecule is CCC(=O)O[C@H]([C@H](C)[C@H]1O[C@@H](c2ccccc2)O[C@@H](CC(=O)/C=C/[C@](C)(O)[C@H]2CC[C@@](C)([C@@H]3O[C@@H]([C@H]4O[C@](COCc5ccccc5)(OC)[C@H](C)C[C@@H]4C)C[C@@H]3C)O2)[C@H]1C)[C@H](C)C(=O)OC. The van der Waals surface area contributed by atoms with Gasteiger partial charge >= 0.3 is 11.9 Å². The van der Waals surface area contributed by atoms with Gasteiger partial charge in [0.15, 0.2) is 17.9 Å². The monoisotopic (exact) mass is 921 g/mol. The minimum atomic E-state index is -1.46. The number of ketones is 1. The van der Waals surface area contributed by atoms with Crippen LogP contribution in [-0.4, -0.2) is 103 Å². The van der Waals surface area contributed by atoms with Crippen LogP contribution in [-0.2, 0) is 63.6 Å². The third kappa shape index (κ3) is 11.8. The maximum atomic E-state index is 13.9. The molecule has 4 aliphatic heterocycles. The van der Waals surface area contributed by atoms with E-state index in [0.29, 0.717) is 26.1 Å². The van der Waals surface area contributed by atoms with Gasteiger partial charge in [0, 0.05) is 43.3 Å². The van der Waals surface area contributed by atoms with Gasteiger partial charge in [-0.05, 0) is 76.0 Å². The van der Waals surface area contributed by atoms with Crippen LogP contribution in [0.15, 0.2) is 72.8 Å². The number of hydrogen-bond donors (Lipinski definition) is 1. The fraction of sp³-hybridized carbons (Fsp3) is 0.679. The molecule has 0 spiro atoms. The van der Waals surface area contributed by atoms with E-state index in [-0.39, 0.29) is 60.6 Å². The van der Waals surface area contributed by atoms with Gasteiger partial charge in [-0.2, -0.15) is 0 Å². The zero-order valence-electron chi connectivity index (χ0n) is 41.0. The summed E-state index contributed by atoms with van der Waals surface area (Å²) in [7, 11) is 2.99. The van der Waals surface area contributed by atoms with Crippen molar-refractivity contribution in [1.29, 1.82) is 0 Å². The normalized spacial score (nSPS) is 36.0. The maximum absolute atomic E-state index is 13.9. The van der Waals surface area contributed by atoms with Crippen LogP contribution >= 0.6 is 0 Å². The van der Waals surface area contributed by atoms with Crippen LogP contribution in [0.4, 0.5) is 0 Å². The Morgan fingerprint density at radius 2 is 1.61 bits per heavy atom. The largest absolute Gasteiger partial charge is 0.469 e. The van der Waals surface area contributed by atoms with Gasteiger partial charge in [-0.25, -0.2) is 0 Å². The smallest absolute Gasteiger partial charge is 0.312 e. The first-order chi connectivity index (χ1) is 31.3. The second kappa shape index (κ2) is 22.3. The highest BCUT2D eigenvalue weighted by Gasteiger charge is 2.56. The molecule has 0 unspecified atom stereocenters. The number of hydrogen-bond acceptors (Lipinski definition) is 13. The first kappa shape index (κ1) is 51.9. The third-order valence-corrected chi connectivity index (χ3v) is 14.9. The number of esters is 2. The van der Waals surface area contributed by atoms with Crippen LogP contribution < -0.4 is 0 Å². The average Bonchev–Trinajstić information content (AvgIpc) is 3.92. The van der Waals surface area contributed by atoms with Gasteiger partial charge in [-0.1, -0.05) is 102 Å². The Morgan fingerprint density at radius 3 is 2.26 bits per heavy atom. The van der Waals surface area contributed by atoms with Gasteiger partial charge < -0.3 is 47.7 Å². The number of aliphatic hydroxyl groups is 1. The van der Waals surface area contributed by atoms with Crippen molar-refractivity contribution in [2.45, 2.75) is 173 Å². The van der Waals surface area contributed by atoms with Crippen LogP contribution in [0.5, 0.6) is 0 Å². The third-order valence-electron chi connectivity index (χ3n) is 14.9. The summed E-state index contributed by atoms with van der Waals surface area (Å²) in [5, 5.41) is 11.9. The second-order valence-electron chi connectivity index (χ2n) is 20.0. The Kier molecular flexibility index (Phi) is 17.5. The van der Waals surface area contributed by atoms with Crippen LogP contribution in [0.1, 0.15) is 118 Å². The molecule has 13 heteroatoms. The van der Waals surface area contributed by atoms with Crippen molar-refractivity contribution in [3.63, 3.8) is 0 Å². The highest BCUT2D eigenvalue weighted by Crippen LogP contribution is 2.49. The molecule has 17 atom stereocenters. The van der Waals surface area contributed by atoms with Gasteiger partial charge in [-0.3, -0.25) is 14.4 Å². The quantitative estimate of drug-likeness (QED) is 0.106. The van der Waals surface area contributed by atoms with Crippen molar-refractivity contribution >= 4 is 17.7 Å². The van der Waals surface area contributed by atoms with Gasteiger partial charge in [-0.15, -0.1) is 0 Å². The van der Waals surface area contributed by atoms with Crippen LogP contribution in [0.25, 0.3) is 0 Å². The first-order valence-electron chi connectivity index (χ1n) is 24.1. The van der Waals surface area contributed by atoms with E-state index in [9.17, 15) is 19.5 Å². The molecule has 0 aromatic heterocycles. The molecule has 4 heterocycles. The minimum Gasteiger partial charge on any atom is -0.469 e. The summed E-state index contributed by atoms with van der Waals surface area (Å²) in [6.07, 6.45) is 1.96. The molecule has 6 rings (SSSR count). The summed E-state index contributed by atoms with van der Waals surface area (Å²) in [5.74, 6) is -3.20. The van der Waals surface area contributed by atoms with Crippen molar-refractivity contribution in [3.05, 3.63) is 83.9 Å². The Hall–Kier alpha value is -3.53. The molecule has 0 amide bonds. The van der Waals surface area contributed by atoms with Gasteiger partial charge in [0.2, 0.25) is 0 Å². The summed E-state index contributed by atoms with van der Waals surface area (Å²) in [5.41, 5.74) is -0.293. The summed E-state index contributed by atoms with van der Waals surface area (Å²) < 4.78 is 56.9. The Bertz CT molecular complexity index is 1920.